The molecule has 8 heteroatoms. The van der Waals surface area contributed by atoms with Gasteiger partial charge in [0.2, 0.25) is 0 Å². The SMILES string of the molecule is COc1cc([N+](=O)[O-])c(C=NNc2cccc(Cl)c2)cc1O. The van der Waals surface area contributed by atoms with E-state index in [1.807, 2.05) is 0 Å². The number of hydrogen-bond acceptors (Lipinski definition) is 6. The standard InChI is InChI=1S/C14H12ClN3O4/c1-22-14-7-12(18(20)21)9(5-13(14)19)8-16-17-11-4-2-3-10(15)6-11/h2-8,17,19H,1H3. The quantitative estimate of drug-likeness (QED) is 0.499. The van der Waals surface area contributed by atoms with Gasteiger partial charge in [-0.1, -0.05) is 17.7 Å². The molecule has 0 saturated heterocycles. The fourth-order valence-electron chi connectivity index (χ4n) is 1.73. The number of phenols is 1. The van der Waals surface area contributed by atoms with Gasteiger partial charge in [0.15, 0.2) is 11.5 Å². The lowest BCUT2D eigenvalue weighted by atomic mass is 10.1. The van der Waals surface area contributed by atoms with Gasteiger partial charge in [-0.3, -0.25) is 15.5 Å². The van der Waals surface area contributed by atoms with Crippen LogP contribution in [0.15, 0.2) is 41.5 Å². The number of nitro groups is 1. The summed E-state index contributed by atoms with van der Waals surface area (Å²) in [6, 6.07) is 9.18. The molecule has 0 saturated carbocycles. The van der Waals surface area contributed by atoms with E-state index in [1.165, 1.54) is 19.4 Å². The first-order valence-corrected chi connectivity index (χ1v) is 6.49. The third-order valence-electron chi connectivity index (χ3n) is 2.75. The van der Waals surface area contributed by atoms with Crippen molar-refractivity contribution in [3.05, 3.63) is 57.1 Å². The van der Waals surface area contributed by atoms with Crippen molar-refractivity contribution in [2.24, 2.45) is 5.10 Å². The lowest BCUT2D eigenvalue weighted by Gasteiger charge is -2.05. The number of nitrogens with one attached hydrogen (secondary N) is 1. The van der Waals surface area contributed by atoms with E-state index in [4.69, 9.17) is 16.3 Å². The zero-order valence-corrected chi connectivity index (χ0v) is 12.2. The average Bonchev–Trinajstić information content (AvgIpc) is 2.47. The van der Waals surface area contributed by atoms with E-state index in [2.05, 4.69) is 10.5 Å². The van der Waals surface area contributed by atoms with Crippen molar-refractivity contribution in [1.29, 1.82) is 0 Å². The lowest BCUT2D eigenvalue weighted by Crippen LogP contribution is -1.98. The van der Waals surface area contributed by atoms with E-state index in [1.54, 1.807) is 24.3 Å². The molecule has 0 atom stereocenters. The van der Waals surface area contributed by atoms with Crippen molar-refractivity contribution >= 4 is 29.2 Å². The summed E-state index contributed by atoms with van der Waals surface area (Å²) >= 11 is 5.83. The van der Waals surface area contributed by atoms with Crippen LogP contribution in [0.1, 0.15) is 5.56 Å². The molecule has 2 aromatic carbocycles. The molecule has 0 bridgehead atoms. The molecule has 0 aliphatic carbocycles. The molecule has 2 aromatic rings. The van der Waals surface area contributed by atoms with Crippen LogP contribution in [-0.4, -0.2) is 23.4 Å². The highest BCUT2D eigenvalue weighted by Gasteiger charge is 2.17. The number of halogens is 1. The van der Waals surface area contributed by atoms with Crippen LogP contribution in [-0.2, 0) is 0 Å². The second-order valence-corrected chi connectivity index (χ2v) is 4.66. The van der Waals surface area contributed by atoms with Crippen molar-refractivity contribution in [3.8, 4) is 11.5 Å². The normalized spacial score (nSPS) is 10.6. The molecule has 2 N–H and O–H groups in total. The molecule has 2 rings (SSSR count). The number of methoxy groups -OCH3 is 1. The van der Waals surface area contributed by atoms with E-state index in [9.17, 15) is 15.2 Å². The lowest BCUT2D eigenvalue weighted by molar-refractivity contribution is -0.385. The van der Waals surface area contributed by atoms with Crippen LogP contribution in [0.3, 0.4) is 0 Å². The van der Waals surface area contributed by atoms with Gasteiger partial charge in [-0.25, -0.2) is 0 Å². The van der Waals surface area contributed by atoms with Gasteiger partial charge in [-0.05, 0) is 24.3 Å². The second-order valence-electron chi connectivity index (χ2n) is 4.22. The summed E-state index contributed by atoms with van der Waals surface area (Å²) in [5.41, 5.74) is 3.23. The Labute approximate surface area is 130 Å². The molecule has 0 spiro atoms. The van der Waals surface area contributed by atoms with Crippen LogP contribution in [0.2, 0.25) is 5.02 Å². The Bertz CT molecular complexity index is 734. The van der Waals surface area contributed by atoms with Gasteiger partial charge < -0.3 is 9.84 Å². The minimum absolute atomic E-state index is 0.0200. The maximum absolute atomic E-state index is 11.0. The second kappa shape index (κ2) is 6.77. The van der Waals surface area contributed by atoms with E-state index < -0.39 is 4.92 Å². The molecule has 7 nitrogen and oxygen atoms in total. The average molecular weight is 322 g/mol. The molecule has 0 unspecified atom stereocenters. The maximum atomic E-state index is 11.0. The summed E-state index contributed by atoms with van der Waals surface area (Å²) in [5.74, 6) is -0.191. The van der Waals surface area contributed by atoms with Gasteiger partial charge in [0.25, 0.3) is 5.69 Å². The molecule has 0 aliphatic heterocycles. The fourth-order valence-corrected chi connectivity index (χ4v) is 1.92. The monoisotopic (exact) mass is 321 g/mol. The van der Waals surface area contributed by atoms with Gasteiger partial charge >= 0.3 is 0 Å². The number of benzene rings is 2. The van der Waals surface area contributed by atoms with Crippen molar-refractivity contribution in [3.63, 3.8) is 0 Å². The van der Waals surface area contributed by atoms with E-state index in [0.29, 0.717) is 10.7 Å². The number of ether oxygens (including phenoxy) is 1. The maximum Gasteiger partial charge on any atom is 0.282 e. The molecular weight excluding hydrogens is 310 g/mol. The van der Waals surface area contributed by atoms with Gasteiger partial charge in [0, 0.05) is 5.02 Å². The van der Waals surface area contributed by atoms with Crippen molar-refractivity contribution in [2.75, 3.05) is 12.5 Å². The Morgan fingerprint density at radius 1 is 1.41 bits per heavy atom. The van der Waals surface area contributed by atoms with Gasteiger partial charge in [0.1, 0.15) is 0 Å². The van der Waals surface area contributed by atoms with Crippen molar-refractivity contribution < 1.29 is 14.8 Å². The Balaban J connectivity index is 2.26. The molecule has 114 valence electrons. The Kier molecular flexibility index (Phi) is 4.80. The van der Waals surface area contributed by atoms with Crippen LogP contribution >= 0.6 is 11.6 Å². The summed E-state index contributed by atoms with van der Waals surface area (Å²) in [4.78, 5) is 10.5. The fraction of sp³-hybridized carbons (Fsp3) is 0.0714. The highest BCUT2D eigenvalue weighted by Crippen LogP contribution is 2.32. The van der Waals surface area contributed by atoms with Crippen molar-refractivity contribution in [2.45, 2.75) is 0 Å². The Morgan fingerprint density at radius 2 is 2.18 bits per heavy atom. The summed E-state index contributed by atoms with van der Waals surface area (Å²) in [6.07, 6.45) is 1.23. The highest BCUT2D eigenvalue weighted by molar-refractivity contribution is 6.30. The van der Waals surface area contributed by atoms with Crippen LogP contribution in [0, 0.1) is 10.1 Å². The number of nitrogens with zero attached hydrogens (tertiary/aromatic N) is 2. The Hall–Kier alpha value is -2.80. The molecule has 0 aliphatic rings. The molecular formula is C14H12ClN3O4. The number of hydrogen-bond donors (Lipinski definition) is 2. The highest BCUT2D eigenvalue weighted by atomic mass is 35.5. The number of phenolic OH excluding ortho intramolecular Hbond substituents is 1. The number of rotatable bonds is 5. The van der Waals surface area contributed by atoms with E-state index in [-0.39, 0.29) is 22.7 Å². The van der Waals surface area contributed by atoms with Crippen LogP contribution in [0.25, 0.3) is 0 Å². The number of nitro benzene ring substituents is 1. The van der Waals surface area contributed by atoms with Crippen LogP contribution < -0.4 is 10.2 Å². The summed E-state index contributed by atoms with van der Waals surface area (Å²) in [6.45, 7) is 0. The minimum atomic E-state index is -0.581. The van der Waals surface area contributed by atoms with Crippen LogP contribution in [0.5, 0.6) is 11.5 Å². The summed E-state index contributed by atoms with van der Waals surface area (Å²) < 4.78 is 4.85. The van der Waals surface area contributed by atoms with Gasteiger partial charge in [0.05, 0.1) is 35.6 Å². The molecule has 22 heavy (non-hydrogen) atoms. The molecule has 0 fully saturated rings. The van der Waals surface area contributed by atoms with Gasteiger partial charge in [-0.2, -0.15) is 5.10 Å². The van der Waals surface area contributed by atoms with Gasteiger partial charge in [-0.15, -0.1) is 0 Å². The Morgan fingerprint density at radius 3 is 2.82 bits per heavy atom. The molecule has 0 radical (unpaired) electrons. The number of aromatic hydroxyl groups is 1. The van der Waals surface area contributed by atoms with E-state index in [0.717, 1.165) is 6.07 Å². The molecule has 0 amide bonds. The predicted molar refractivity (Wildman–Crippen MR) is 84.0 cm³/mol. The summed E-state index contributed by atoms with van der Waals surface area (Å²) in [5, 5.41) is 25.2. The minimum Gasteiger partial charge on any atom is -0.504 e. The number of hydrazone groups is 1. The smallest absolute Gasteiger partial charge is 0.282 e. The zero-order valence-electron chi connectivity index (χ0n) is 11.5. The van der Waals surface area contributed by atoms with E-state index >= 15 is 0 Å². The largest absolute Gasteiger partial charge is 0.504 e. The third kappa shape index (κ3) is 3.64. The van der Waals surface area contributed by atoms with Crippen LogP contribution in [0.4, 0.5) is 11.4 Å². The first kappa shape index (κ1) is 15.6. The molecule has 0 aromatic heterocycles. The molecule has 0 heterocycles. The predicted octanol–water partition coefficient (Wildman–Crippen LogP) is 3.41. The van der Waals surface area contributed by atoms with Crippen molar-refractivity contribution in [1.82, 2.24) is 0 Å². The zero-order chi connectivity index (χ0) is 16.1. The number of anilines is 1. The topological polar surface area (TPSA) is 97.0 Å². The summed E-state index contributed by atoms with van der Waals surface area (Å²) in [7, 11) is 1.31. The third-order valence-corrected chi connectivity index (χ3v) is 2.98. The first-order chi connectivity index (χ1) is 10.5. The first-order valence-electron chi connectivity index (χ1n) is 6.11.